The van der Waals surface area contributed by atoms with Gasteiger partial charge in [0, 0.05) is 49.3 Å². The number of benzene rings is 2. The van der Waals surface area contributed by atoms with Crippen molar-refractivity contribution >= 4 is 40.3 Å². The van der Waals surface area contributed by atoms with Crippen molar-refractivity contribution in [3.05, 3.63) is 74.8 Å². The Bertz CT molecular complexity index is 1370. The van der Waals surface area contributed by atoms with Gasteiger partial charge in [-0.15, -0.1) is 0 Å². The van der Waals surface area contributed by atoms with E-state index in [-0.39, 0.29) is 17.6 Å². The molecule has 1 aromatic heterocycles. The van der Waals surface area contributed by atoms with Gasteiger partial charge in [-0.3, -0.25) is 4.79 Å². The number of nitrogens with zero attached hydrogens (tertiary/aromatic N) is 3. The van der Waals surface area contributed by atoms with Crippen molar-refractivity contribution in [3.8, 4) is 0 Å². The topological polar surface area (TPSA) is 92.1 Å². The Morgan fingerprint density at radius 3 is 2.31 bits per heavy atom. The number of piperazine rings is 1. The van der Waals surface area contributed by atoms with Crippen LogP contribution >= 0.6 is 11.6 Å². The van der Waals surface area contributed by atoms with Crippen LogP contribution in [0.5, 0.6) is 0 Å². The maximum atomic E-state index is 15.2. The number of pyridine rings is 1. The summed E-state index contributed by atoms with van der Waals surface area (Å²) >= 11 is 5.98. The summed E-state index contributed by atoms with van der Waals surface area (Å²) < 4.78 is 22.3. The lowest BCUT2D eigenvalue weighted by molar-refractivity contribution is 0.0240. The summed E-state index contributed by atoms with van der Waals surface area (Å²) in [4.78, 5) is 40.3. The number of carboxylic acid groups (broad SMARTS) is 1. The first-order valence-electron chi connectivity index (χ1n) is 11.5. The number of rotatable bonds is 4. The Hall–Kier alpha value is -3.59. The lowest BCUT2D eigenvalue weighted by atomic mass is 10.1. The third-order valence-electron chi connectivity index (χ3n) is 5.92. The predicted molar refractivity (Wildman–Crippen MR) is 136 cm³/mol. The standard InChI is InChI=1S/C26H27ClFN3O5/c1-26(2,3)36-25(35)30-10-8-29(9-11-30)22-13-21-18(12-20(22)28)23(32)19(24(33)34)15-31(21)14-16-4-6-17(27)7-5-16/h4-7,12-13,15H,8-11,14H2,1-3H3,(H,33,34). The molecule has 2 heterocycles. The summed E-state index contributed by atoms with van der Waals surface area (Å²) in [6, 6.07) is 9.69. The van der Waals surface area contributed by atoms with Gasteiger partial charge in [0.25, 0.3) is 0 Å². The molecule has 36 heavy (non-hydrogen) atoms. The molecule has 4 rings (SSSR count). The first-order chi connectivity index (χ1) is 16.9. The number of anilines is 1. The van der Waals surface area contributed by atoms with E-state index in [0.29, 0.717) is 36.7 Å². The van der Waals surface area contributed by atoms with Gasteiger partial charge in [0.2, 0.25) is 5.43 Å². The van der Waals surface area contributed by atoms with E-state index in [0.717, 1.165) is 11.6 Å². The molecule has 0 saturated carbocycles. The molecule has 0 spiro atoms. The second kappa shape index (κ2) is 9.81. The second-order valence-corrected chi connectivity index (χ2v) is 10.1. The molecule has 2 aromatic carbocycles. The highest BCUT2D eigenvalue weighted by Gasteiger charge is 2.27. The highest BCUT2D eigenvalue weighted by molar-refractivity contribution is 6.30. The van der Waals surface area contributed by atoms with Crippen LogP contribution < -0.4 is 10.3 Å². The quantitative estimate of drug-likeness (QED) is 0.546. The molecule has 8 nitrogen and oxygen atoms in total. The molecule has 190 valence electrons. The Labute approximate surface area is 212 Å². The molecule has 10 heteroatoms. The minimum absolute atomic E-state index is 0.0162. The van der Waals surface area contributed by atoms with Gasteiger partial charge in [0.05, 0.1) is 11.2 Å². The zero-order chi connectivity index (χ0) is 26.2. The Morgan fingerprint density at radius 1 is 1.08 bits per heavy atom. The van der Waals surface area contributed by atoms with Gasteiger partial charge in [-0.1, -0.05) is 23.7 Å². The summed E-state index contributed by atoms with van der Waals surface area (Å²) in [5.41, 5.74) is -0.275. The zero-order valence-corrected chi connectivity index (χ0v) is 21.0. The predicted octanol–water partition coefficient (Wildman–Crippen LogP) is 4.60. The number of ether oxygens (including phenoxy) is 1. The second-order valence-electron chi connectivity index (χ2n) is 9.71. The number of hydrogen-bond donors (Lipinski definition) is 1. The van der Waals surface area contributed by atoms with E-state index >= 15 is 4.39 Å². The molecule has 0 atom stereocenters. The summed E-state index contributed by atoms with van der Waals surface area (Å²) in [6.45, 7) is 7.09. The van der Waals surface area contributed by atoms with Gasteiger partial charge < -0.3 is 24.2 Å². The Balaban J connectivity index is 1.69. The van der Waals surface area contributed by atoms with Crippen LogP contribution in [-0.4, -0.2) is 58.4 Å². The fourth-order valence-electron chi connectivity index (χ4n) is 4.17. The third-order valence-corrected chi connectivity index (χ3v) is 6.17. The van der Waals surface area contributed by atoms with Gasteiger partial charge in [-0.25, -0.2) is 14.0 Å². The van der Waals surface area contributed by atoms with Crippen LogP contribution in [-0.2, 0) is 11.3 Å². The van der Waals surface area contributed by atoms with E-state index in [9.17, 15) is 19.5 Å². The molecular weight excluding hydrogens is 489 g/mol. The van der Waals surface area contributed by atoms with E-state index < -0.39 is 34.5 Å². The van der Waals surface area contributed by atoms with Gasteiger partial charge >= 0.3 is 12.1 Å². The van der Waals surface area contributed by atoms with Crippen molar-refractivity contribution in [1.29, 1.82) is 0 Å². The monoisotopic (exact) mass is 515 g/mol. The maximum Gasteiger partial charge on any atom is 0.410 e. The zero-order valence-electron chi connectivity index (χ0n) is 20.3. The first-order valence-corrected chi connectivity index (χ1v) is 11.9. The van der Waals surface area contributed by atoms with Crippen LogP contribution in [0.4, 0.5) is 14.9 Å². The average molecular weight is 516 g/mol. The van der Waals surface area contributed by atoms with Gasteiger partial charge in [0.1, 0.15) is 17.0 Å². The third kappa shape index (κ3) is 5.46. The van der Waals surface area contributed by atoms with Gasteiger partial charge in [0.15, 0.2) is 0 Å². The van der Waals surface area contributed by atoms with Crippen LogP contribution in [0.15, 0.2) is 47.4 Å². The average Bonchev–Trinajstić information content (AvgIpc) is 2.81. The van der Waals surface area contributed by atoms with Crippen LogP contribution in [0.2, 0.25) is 5.02 Å². The van der Waals surface area contributed by atoms with E-state index in [1.165, 1.54) is 6.20 Å². The SMILES string of the molecule is CC(C)(C)OC(=O)N1CCN(c2cc3c(cc2F)c(=O)c(C(=O)O)cn3Cc2ccc(Cl)cc2)CC1. The molecule has 0 bridgehead atoms. The highest BCUT2D eigenvalue weighted by Crippen LogP contribution is 2.27. The normalized spacial score (nSPS) is 14.2. The number of carbonyl (C=O) groups excluding carboxylic acids is 1. The van der Waals surface area contributed by atoms with E-state index in [1.807, 2.05) is 0 Å². The number of aromatic carboxylic acids is 1. The Morgan fingerprint density at radius 2 is 1.72 bits per heavy atom. The summed E-state index contributed by atoms with van der Waals surface area (Å²) in [6.07, 6.45) is 0.864. The van der Waals surface area contributed by atoms with Crippen LogP contribution in [0.1, 0.15) is 36.7 Å². The molecule has 0 unspecified atom stereocenters. The number of halogens is 2. The fraction of sp³-hybridized carbons (Fsp3) is 0.346. The molecule has 1 fully saturated rings. The minimum atomic E-state index is -1.38. The largest absolute Gasteiger partial charge is 0.477 e. The van der Waals surface area contributed by atoms with Gasteiger partial charge in [-0.05, 0) is 50.6 Å². The maximum absolute atomic E-state index is 15.2. The molecule has 3 aromatic rings. The molecule has 1 saturated heterocycles. The summed E-state index contributed by atoms with van der Waals surface area (Å²) in [5.74, 6) is -2.01. The number of aromatic nitrogens is 1. The van der Waals surface area contributed by atoms with E-state index in [1.54, 1.807) is 65.5 Å². The van der Waals surface area contributed by atoms with Crippen LogP contribution in [0.25, 0.3) is 10.9 Å². The lowest BCUT2D eigenvalue weighted by Crippen LogP contribution is -2.50. The van der Waals surface area contributed by atoms with Crippen molar-refractivity contribution in [2.75, 3.05) is 31.1 Å². The molecule has 0 aliphatic carbocycles. The summed E-state index contributed by atoms with van der Waals surface area (Å²) in [5, 5.41) is 10.1. The first kappa shape index (κ1) is 25.5. The smallest absolute Gasteiger partial charge is 0.410 e. The molecule has 0 radical (unpaired) electrons. The molecule has 1 amide bonds. The molecule has 1 N–H and O–H groups in total. The van der Waals surface area contributed by atoms with Crippen molar-refractivity contribution in [2.45, 2.75) is 32.9 Å². The number of fused-ring (bicyclic) bond motifs is 1. The molecule has 1 aliphatic heterocycles. The lowest BCUT2D eigenvalue weighted by Gasteiger charge is -2.37. The van der Waals surface area contributed by atoms with Crippen molar-refractivity contribution in [3.63, 3.8) is 0 Å². The van der Waals surface area contributed by atoms with E-state index in [4.69, 9.17) is 16.3 Å². The van der Waals surface area contributed by atoms with Gasteiger partial charge in [-0.2, -0.15) is 0 Å². The highest BCUT2D eigenvalue weighted by atomic mass is 35.5. The van der Waals surface area contributed by atoms with Crippen LogP contribution in [0.3, 0.4) is 0 Å². The van der Waals surface area contributed by atoms with Crippen molar-refractivity contribution in [2.24, 2.45) is 0 Å². The van der Waals surface area contributed by atoms with Crippen LogP contribution in [0, 0.1) is 5.82 Å². The number of carbonyl (C=O) groups is 2. The molecular formula is C26H27ClFN3O5. The van der Waals surface area contributed by atoms with Crippen molar-refractivity contribution < 1.29 is 23.8 Å². The number of carboxylic acids is 1. The Kier molecular flexibility index (Phi) is 6.95. The van der Waals surface area contributed by atoms with E-state index in [2.05, 4.69) is 0 Å². The van der Waals surface area contributed by atoms with Crippen molar-refractivity contribution in [1.82, 2.24) is 9.47 Å². The number of hydrogen-bond acceptors (Lipinski definition) is 5. The molecule has 1 aliphatic rings. The summed E-state index contributed by atoms with van der Waals surface area (Å²) in [7, 11) is 0. The fourth-order valence-corrected chi connectivity index (χ4v) is 4.29. The number of amides is 1. The minimum Gasteiger partial charge on any atom is -0.477 e.